The number of hydrogen-bond donors (Lipinski definition) is 2. The summed E-state index contributed by atoms with van der Waals surface area (Å²) in [6.45, 7) is 2.85. The number of carbonyl (C=O) groups is 2. The van der Waals surface area contributed by atoms with Crippen LogP contribution in [0.1, 0.15) is 51.9 Å². The summed E-state index contributed by atoms with van der Waals surface area (Å²) >= 11 is 0. The van der Waals surface area contributed by atoms with Gasteiger partial charge >= 0.3 is 0 Å². The van der Waals surface area contributed by atoms with Crippen LogP contribution < -0.4 is 10.6 Å². The van der Waals surface area contributed by atoms with Gasteiger partial charge in [-0.2, -0.15) is 0 Å². The molecule has 0 unspecified atom stereocenters. The highest BCUT2D eigenvalue weighted by molar-refractivity contribution is 5.83. The van der Waals surface area contributed by atoms with Crippen LogP contribution in [-0.2, 0) is 9.59 Å². The first-order chi connectivity index (χ1) is 9.57. The fraction of sp³-hybridized carbons (Fsp3) is 0.875. The third-order valence-corrected chi connectivity index (χ3v) is 5.53. The van der Waals surface area contributed by atoms with Gasteiger partial charge in [-0.15, -0.1) is 0 Å². The summed E-state index contributed by atoms with van der Waals surface area (Å²) in [7, 11) is 0. The second kappa shape index (κ2) is 5.38. The highest BCUT2D eigenvalue weighted by Gasteiger charge is 2.54. The van der Waals surface area contributed by atoms with E-state index < -0.39 is 0 Å². The molecule has 4 bridgehead atoms. The van der Waals surface area contributed by atoms with Crippen molar-refractivity contribution >= 4 is 11.8 Å². The van der Waals surface area contributed by atoms with E-state index in [1.807, 2.05) is 0 Å². The fourth-order valence-electron chi connectivity index (χ4n) is 5.13. The summed E-state index contributed by atoms with van der Waals surface area (Å²) in [5.74, 6) is 2.72. The Morgan fingerprint density at radius 1 is 0.950 bits per heavy atom. The molecule has 0 heterocycles. The van der Waals surface area contributed by atoms with Crippen LogP contribution in [-0.4, -0.2) is 24.9 Å². The number of hydrogen-bond acceptors (Lipinski definition) is 2. The molecule has 0 aliphatic heterocycles. The second-order valence-electron chi connectivity index (χ2n) is 7.29. The monoisotopic (exact) mass is 278 g/mol. The van der Waals surface area contributed by atoms with Crippen LogP contribution in [0.2, 0.25) is 0 Å². The van der Waals surface area contributed by atoms with Crippen LogP contribution in [0, 0.1) is 23.2 Å². The Bertz CT molecular complexity index is 370. The minimum absolute atomic E-state index is 0.00240. The van der Waals surface area contributed by atoms with E-state index in [1.165, 1.54) is 26.2 Å². The lowest BCUT2D eigenvalue weighted by atomic mass is 9.49. The largest absolute Gasteiger partial charge is 0.356 e. The van der Waals surface area contributed by atoms with E-state index >= 15 is 0 Å². The van der Waals surface area contributed by atoms with Crippen LogP contribution in [0.5, 0.6) is 0 Å². The molecule has 2 N–H and O–H groups in total. The zero-order chi connectivity index (χ0) is 14.2. The number of rotatable bonds is 5. The van der Waals surface area contributed by atoms with Crippen molar-refractivity contribution < 1.29 is 9.59 Å². The zero-order valence-electron chi connectivity index (χ0n) is 12.4. The van der Waals surface area contributed by atoms with Gasteiger partial charge in [-0.05, 0) is 62.7 Å². The normalized spacial score (nSPS) is 37.8. The number of carbonyl (C=O) groups excluding carboxylic acids is 2. The van der Waals surface area contributed by atoms with Gasteiger partial charge < -0.3 is 10.6 Å². The van der Waals surface area contributed by atoms with E-state index in [1.54, 1.807) is 0 Å². The van der Waals surface area contributed by atoms with E-state index in [0.717, 1.165) is 43.4 Å². The van der Waals surface area contributed by atoms with Gasteiger partial charge in [-0.25, -0.2) is 0 Å². The molecule has 2 amide bonds. The topological polar surface area (TPSA) is 58.2 Å². The Morgan fingerprint density at radius 3 is 1.95 bits per heavy atom. The maximum Gasteiger partial charge on any atom is 0.226 e. The smallest absolute Gasteiger partial charge is 0.226 e. The Hall–Kier alpha value is -1.06. The van der Waals surface area contributed by atoms with E-state index in [-0.39, 0.29) is 11.3 Å². The Kier molecular flexibility index (Phi) is 3.74. The average molecular weight is 278 g/mol. The molecule has 4 heteroatoms. The molecule has 4 aliphatic rings. The molecular weight excluding hydrogens is 252 g/mol. The van der Waals surface area contributed by atoms with Crippen LogP contribution in [0.25, 0.3) is 0 Å². The van der Waals surface area contributed by atoms with Gasteiger partial charge in [0.1, 0.15) is 0 Å². The van der Waals surface area contributed by atoms with Crippen molar-refractivity contribution in [1.82, 2.24) is 10.6 Å². The quantitative estimate of drug-likeness (QED) is 0.754. The van der Waals surface area contributed by atoms with Crippen molar-refractivity contribution in [3.8, 4) is 0 Å². The molecule has 0 atom stereocenters. The van der Waals surface area contributed by atoms with E-state index in [4.69, 9.17) is 0 Å². The van der Waals surface area contributed by atoms with Crippen molar-refractivity contribution in [3.63, 3.8) is 0 Å². The molecule has 112 valence electrons. The molecule has 0 aromatic carbocycles. The highest BCUT2D eigenvalue weighted by atomic mass is 16.2. The maximum absolute atomic E-state index is 12.6. The van der Waals surface area contributed by atoms with Gasteiger partial charge in [-0.3, -0.25) is 9.59 Å². The van der Waals surface area contributed by atoms with Crippen molar-refractivity contribution in [2.24, 2.45) is 23.2 Å². The predicted molar refractivity (Wildman–Crippen MR) is 76.9 cm³/mol. The maximum atomic E-state index is 12.6. The third-order valence-electron chi connectivity index (χ3n) is 5.53. The minimum atomic E-state index is -0.0389. The van der Waals surface area contributed by atoms with Crippen LogP contribution in [0.3, 0.4) is 0 Å². The number of nitrogens with one attached hydrogen (secondary N) is 2. The Morgan fingerprint density at radius 2 is 1.45 bits per heavy atom. The van der Waals surface area contributed by atoms with Gasteiger partial charge in [-0.1, -0.05) is 0 Å². The van der Waals surface area contributed by atoms with Gasteiger partial charge in [0, 0.05) is 25.4 Å². The van der Waals surface area contributed by atoms with E-state index in [2.05, 4.69) is 10.6 Å². The third kappa shape index (κ3) is 2.70. The van der Waals surface area contributed by atoms with Crippen LogP contribution in [0.4, 0.5) is 0 Å². The first kappa shape index (κ1) is 13.9. The molecule has 4 saturated carbocycles. The molecule has 0 aromatic heterocycles. The highest BCUT2D eigenvalue weighted by Crippen LogP contribution is 2.60. The molecule has 4 nitrogen and oxygen atoms in total. The molecule has 4 fully saturated rings. The van der Waals surface area contributed by atoms with E-state index in [9.17, 15) is 9.59 Å². The standard InChI is InChI=1S/C16H26N2O2/c1-11(19)17-3-2-4-18-15(20)16-8-12-5-13(9-16)7-14(6-12)10-16/h12-14H,2-10H2,1H3,(H,17,19)(H,18,20). The lowest BCUT2D eigenvalue weighted by molar-refractivity contribution is -0.146. The summed E-state index contributed by atoms with van der Waals surface area (Å²) < 4.78 is 0. The molecule has 20 heavy (non-hydrogen) atoms. The zero-order valence-corrected chi connectivity index (χ0v) is 12.4. The van der Waals surface area contributed by atoms with Crippen LogP contribution >= 0.6 is 0 Å². The first-order valence-electron chi connectivity index (χ1n) is 8.10. The Balaban J connectivity index is 1.48. The van der Waals surface area contributed by atoms with Crippen molar-refractivity contribution in [1.29, 1.82) is 0 Å². The summed E-state index contributed by atoms with van der Waals surface area (Å²) in [6, 6.07) is 0. The SMILES string of the molecule is CC(=O)NCCCNC(=O)C12CC3CC(CC(C3)C1)C2. The molecule has 0 saturated heterocycles. The minimum Gasteiger partial charge on any atom is -0.356 e. The average Bonchev–Trinajstić information content (AvgIpc) is 2.36. The fourth-order valence-corrected chi connectivity index (χ4v) is 5.13. The predicted octanol–water partition coefficient (Wildman–Crippen LogP) is 1.85. The van der Waals surface area contributed by atoms with Gasteiger partial charge in [0.25, 0.3) is 0 Å². The summed E-state index contributed by atoms with van der Waals surface area (Å²) in [6.07, 6.45) is 8.29. The van der Waals surface area contributed by atoms with E-state index in [0.29, 0.717) is 19.0 Å². The van der Waals surface area contributed by atoms with Crippen LogP contribution in [0.15, 0.2) is 0 Å². The summed E-state index contributed by atoms with van der Waals surface area (Å²) in [5.41, 5.74) is -0.0389. The van der Waals surface area contributed by atoms with Crippen molar-refractivity contribution in [2.75, 3.05) is 13.1 Å². The van der Waals surface area contributed by atoms with Gasteiger partial charge in [0.15, 0.2) is 0 Å². The Labute approximate surface area is 121 Å². The van der Waals surface area contributed by atoms with Gasteiger partial charge in [0.2, 0.25) is 11.8 Å². The molecule has 0 spiro atoms. The van der Waals surface area contributed by atoms with Crippen molar-refractivity contribution in [2.45, 2.75) is 51.9 Å². The summed E-state index contributed by atoms with van der Waals surface area (Å²) in [4.78, 5) is 23.4. The lowest BCUT2D eigenvalue weighted by Gasteiger charge is -2.55. The van der Waals surface area contributed by atoms with Gasteiger partial charge in [0.05, 0.1) is 0 Å². The molecule has 4 rings (SSSR count). The lowest BCUT2D eigenvalue weighted by Crippen LogP contribution is -2.53. The van der Waals surface area contributed by atoms with Crippen molar-refractivity contribution in [3.05, 3.63) is 0 Å². The molecular formula is C16H26N2O2. The first-order valence-corrected chi connectivity index (χ1v) is 8.10. The number of amides is 2. The molecule has 4 aliphatic carbocycles. The second-order valence-corrected chi connectivity index (χ2v) is 7.29. The summed E-state index contributed by atoms with van der Waals surface area (Å²) in [5, 5.41) is 5.89. The molecule has 0 aromatic rings. The molecule has 0 radical (unpaired) electrons.